The van der Waals surface area contributed by atoms with Gasteiger partial charge in [-0.05, 0) is 43.0 Å². The van der Waals surface area contributed by atoms with Gasteiger partial charge in [-0.1, -0.05) is 65.0 Å². The fraction of sp³-hybridized carbons (Fsp3) is 0.750. The van der Waals surface area contributed by atoms with Crippen LogP contribution in [0.25, 0.3) is 0 Å². The number of hydrogen-bond donors (Lipinski definition) is 0. The van der Waals surface area contributed by atoms with Crippen molar-refractivity contribution in [1.82, 2.24) is 0 Å². The van der Waals surface area contributed by atoms with E-state index in [9.17, 15) is 4.39 Å². The van der Waals surface area contributed by atoms with Crippen LogP contribution >= 0.6 is 43.2 Å². The monoisotopic (exact) mass is 426 g/mol. The molecule has 20 heavy (non-hydrogen) atoms. The third kappa shape index (κ3) is 7.04. The molecule has 4 heteroatoms. The molecular formula is C16H25Br2FS. The zero-order chi connectivity index (χ0) is 15.0. The first-order chi connectivity index (χ1) is 9.56. The molecule has 0 radical (unpaired) electrons. The second-order valence-corrected chi connectivity index (χ2v) is 9.07. The van der Waals surface area contributed by atoms with Gasteiger partial charge in [-0.15, -0.1) is 11.3 Å². The average Bonchev–Trinajstić information content (AvgIpc) is 2.81. The topological polar surface area (TPSA) is 0 Å². The molecule has 3 atom stereocenters. The first-order valence-corrected chi connectivity index (χ1v) is 10.3. The second kappa shape index (κ2) is 10.3. The summed E-state index contributed by atoms with van der Waals surface area (Å²) >= 11 is 9.08. The van der Waals surface area contributed by atoms with Gasteiger partial charge in [-0.2, -0.15) is 0 Å². The Morgan fingerprint density at radius 2 is 1.95 bits per heavy atom. The van der Waals surface area contributed by atoms with Gasteiger partial charge in [0.25, 0.3) is 0 Å². The largest absolute Gasteiger partial charge is 0.206 e. The molecule has 0 saturated heterocycles. The molecule has 0 bridgehead atoms. The molecule has 0 aromatic carbocycles. The maximum absolute atomic E-state index is 13.6. The van der Waals surface area contributed by atoms with E-state index in [4.69, 9.17) is 0 Å². The molecule has 0 amide bonds. The van der Waals surface area contributed by atoms with Crippen molar-refractivity contribution in [1.29, 1.82) is 0 Å². The van der Waals surface area contributed by atoms with Crippen LogP contribution in [0.3, 0.4) is 0 Å². The molecule has 0 nitrogen and oxygen atoms in total. The third-order valence-corrected chi connectivity index (χ3v) is 6.36. The molecule has 0 N–H and O–H groups in total. The summed E-state index contributed by atoms with van der Waals surface area (Å²) in [6, 6.07) is 1.59. The Balaban J connectivity index is 2.53. The number of alkyl halides is 2. The van der Waals surface area contributed by atoms with Gasteiger partial charge in [0.2, 0.25) is 0 Å². The lowest BCUT2D eigenvalue weighted by atomic mass is 9.91. The summed E-state index contributed by atoms with van der Waals surface area (Å²) in [4.78, 5) is 2.03. The van der Waals surface area contributed by atoms with Crippen LogP contribution in [0.2, 0.25) is 0 Å². The van der Waals surface area contributed by atoms with Gasteiger partial charge in [-0.25, -0.2) is 4.39 Å². The van der Waals surface area contributed by atoms with Crippen LogP contribution in [0.15, 0.2) is 11.4 Å². The molecule has 1 aromatic rings. The van der Waals surface area contributed by atoms with E-state index in [0.717, 1.165) is 30.6 Å². The minimum Gasteiger partial charge on any atom is -0.206 e. The van der Waals surface area contributed by atoms with Crippen molar-refractivity contribution in [3.63, 3.8) is 0 Å². The first kappa shape index (κ1) is 18.6. The zero-order valence-electron chi connectivity index (χ0n) is 12.4. The Hall–Kier alpha value is 0.590. The molecule has 0 aliphatic rings. The fourth-order valence-electron chi connectivity index (χ4n) is 2.43. The Labute approximate surface area is 143 Å². The van der Waals surface area contributed by atoms with E-state index in [1.165, 1.54) is 19.3 Å². The smallest absolute Gasteiger partial charge is 0.137 e. The van der Waals surface area contributed by atoms with E-state index in [-0.39, 0.29) is 5.82 Å². The molecule has 3 unspecified atom stereocenters. The van der Waals surface area contributed by atoms with Crippen LogP contribution in [0.1, 0.15) is 57.2 Å². The minimum atomic E-state index is -0.0189. The number of thiophene rings is 1. The SMILES string of the molecule is CCCCC(Cc1sccc1F)CC(Br)CC(Br)CC. The summed E-state index contributed by atoms with van der Waals surface area (Å²) in [6.45, 7) is 4.43. The normalized spacial score (nSPS) is 16.1. The highest BCUT2D eigenvalue weighted by molar-refractivity contribution is 9.10. The molecule has 0 saturated carbocycles. The van der Waals surface area contributed by atoms with Crippen molar-refractivity contribution in [2.75, 3.05) is 0 Å². The maximum Gasteiger partial charge on any atom is 0.137 e. The average molecular weight is 428 g/mol. The highest BCUT2D eigenvalue weighted by atomic mass is 79.9. The molecule has 1 aromatic heterocycles. The molecule has 1 heterocycles. The van der Waals surface area contributed by atoms with Gasteiger partial charge in [0, 0.05) is 14.5 Å². The molecule has 0 fully saturated rings. The molecule has 0 spiro atoms. The van der Waals surface area contributed by atoms with Crippen molar-refractivity contribution in [3.8, 4) is 0 Å². The maximum atomic E-state index is 13.6. The molecule has 0 aliphatic carbocycles. The lowest BCUT2D eigenvalue weighted by Crippen LogP contribution is -2.14. The van der Waals surface area contributed by atoms with Gasteiger partial charge < -0.3 is 0 Å². The van der Waals surface area contributed by atoms with Crippen LogP contribution in [-0.4, -0.2) is 9.65 Å². The van der Waals surface area contributed by atoms with Gasteiger partial charge in [0.1, 0.15) is 5.82 Å². The zero-order valence-corrected chi connectivity index (χ0v) is 16.4. The Bertz CT molecular complexity index is 367. The van der Waals surface area contributed by atoms with E-state index in [1.54, 1.807) is 17.4 Å². The number of halogens is 3. The quantitative estimate of drug-likeness (QED) is 0.354. The van der Waals surface area contributed by atoms with Crippen LogP contribution in [-0.2, 0) is 6.42 Å². The van der Waals surface area contributed by atoms with Crippen molar-refractivity contribution in [2.45, 2.75) is 68.4 Å². The highest BCUT2D eigenvalue weighted by Gasteiger charge is 2.19. The fourth-order valence-corrected chi connectivity index (χ4v) is 5.23. The summed E-state index contributed by atoms with van der Waals surface area (Å²) in [5.41, 5.74) is 0. The Morgan fingerprint density at radius 3 is 2.50 bits per heavy atom. The van der Waals surface area contributed by atoms with Gasteiger partial charge in [0.05, 0.1) is 0 Å². The Morgan fingerprint density at radius 1 is 1.20 bits per heavy atom. The number of unbranched alkanes of at least 4 members (excludes halogenated alkanes) is 1. The van der Waals surface area contributed by atoms with Crippen LogP contribution < -0.4 is 0 Å². The van der Waals surface area contributed by atoms with Crippen molar-refractivity contribution in [3.05, 3.63) is 22.1 Å². The molecule has 116 valence electrons. The van der Waals surface area contributed by atoms with E-state index < -0.39 is 0 Å². The van der Waals surface area contributed by atoms with Gasteiger partial charge in [-0.3, -0.25) is 0 Å². The van der Waals surface area contributed by atoms with Crippen LogP contribution in [0.4, 0.5) is 4.39 Å². The van der Waals surface area contributed by atoms with Crippen molar-refractivity contribution >= 4 is 43.2 Å². The Kier molecular flexibility index (Phi) is 9.63. The molecule has 1 rings (SSSR count). The standard InChI is InChI=1S/C16H25Br2FS/c1-3-5-6-12(9-14(18)11-13(17)4-2)10-16-15(19)7-8-20-16/h7-8,12-14H,3-6,9-11H2,1-2H3. The summed E-state index contributed by atoms with van der Waals surface area (Å²) in [6.07, 6.45) is 7.99. The van der Waals surface area contributed by atoms with Crippen molar-refractivity contribution in [2.24, 2.45) is 5.92 Å². The van der Waals surface area contributed by atoms with Crippen LogP contribution in [0, 0.1) is 11.7 Å². The van der Waals surface area contributed by atoms with Crippen molar-refractivity contribution < 1.29 is 4.39 Å². The van der Waals surface area contributed by atoms with E-state index in [1.807, 2.05) is 5.38 Å². The summed E-state index contributed by atoms with van der Waals surface area (Å²) < 4.78 is 13.6. The third-order valence-electron chi connectivity index (χ3n) is 3.67. The number of hydrogen-bond acceptors (Lipinski definition) is 1. The summed E-state index contributed by atoms with van der Waals surface area (Å²) in [5, 5.41) is 1.86. The lowest BCUT2D eigenvalue weighted by molar-refractivity contribution is 0.417. The predicted molar refractivity (Wildman–Crippen MR) is 96.0 cm³/mol. The predicted octanol–water partition coefficient (Wildman–Crippen LogP) is 6.95. The first-order valence-electron chi connectivity index (χ1n) is 7.56. The molecule has 0 aliphatic heterocycles. The van der Waals surface area contributed by atoms with Gasteiger partial charge in [0.15, 0.2) is 0 Å². The molecular weight excluding hydrogens is 403 g/mol. The van der Waals surface area contributed by atoms with E-state index in [2.05, 4.69) is 45.7 Å². The summed E-state index contributed by atoms with van der Waals surface area (Å²) in [7, 11) is 0. The summed E-state index contributed by atoms with van der Waals surface area (Å²) in [5.74, 6) is 0.568. The highest BCUT2D eigenvalue weighted by Crippen LogP contribution is 2.29. The van der Waals surface area contributed by atoms with Crippen LogP contribution in [0.5, 0.6) is 0 Å². The lowest BCUT2D eigenvalue weighted by Gasteiger charge is -2.21. The second-order valence-electron chi connectivity index (χ2n) is 5.48. The van der Waals surface area contributed by atoms with E-state index in [0.29, 0.717) is 15.6 Å². The van der Waals surface area contributed by atoms with E-state index >= 15 is 0 Å². The van der Waals surface area contributed by atoms with Gasteiger partial charge >= 0.3 is 0 Å². The minimum absolute atomic E-state index is 0.0189. The number of rotatable bonds is 10.